The van der Waals surface area contributed by atoms with Crippen molar-refractivity contribution in [3.05, 3.63) is 66.2 Å². The van der Waals surface area contributed by atoms with Gasteiger partial charge in [-0.25, -0.2) is 17.9 Å². The highest BCUT2D eigenvalue weighted by Crippen LogP contribution is 2.21. The number of nitrogens with zero attached hydrogens (tertiary/aromatic N) is 2. The Kier molecular flexibility index (Phi) is 7.74. The Balaban J connectivity index is 1.50. The number of carbonyl (C=O) groups is 1. The monoisotopic (exact) mass is 457 g/mol. The molecule has 0 spiro atoms. The van der Waals surface area contributed by atoms with Crippen LogP contribution in [-0.4, -0.2) is 51.5 Å². The Morgan fingerprint density at radius 3 is 2.28 bits per heavy atom. The Morgan fingerprint density at radius 1 is 0.969 bits per heavy atom. The second kappa shape index (κ2) is 10.7. The molecule has 0 fully saturated rings. The first-order chi connectivity index (χ1) is 15.4. The summed E-state index contributed by atoms with van der Waals surface area (Å²) in [5.41, 5.74) is 1.84. The first-order valence-corrected chi connectivity index (χ1v) is 11.3. The van der Waals surface area contributed by atoms with Gasteiger partial charge in [0.05, 0.1) is 29.9 Å². The number of aromatic nitrogens is 2. The molecule has 0 aliphatic carbocycles. The fourth-order valence-corrected chi connectivity index (χ4v) is 3.73. The number of rotatable bonds is 10. The smallest absolute Gasteiger partial charge is 0.338 e. The molecule has 0 saturated carbocycles. The molecule has 9 nitrogen and oxygen atoms in total. The maximum Gasteiger partial charge on any atom is 0.338 e. The third-order valence-corrected chi connectivity index (χ3v) is 5.82. The van der Waals surface area contributed by atoms with E-state index in [1.807, 2.05) is 24.3 Å². The number of nitrogens with one attached hydrogen (secondary N) is 1. The average molecular weight is 458 g/mol. The van der Waals surface area contributed by atoms with Crippen LogP contribution in [0.2, 0.25) is 0 Å². The van der Waals surface area contributed by atoms with Crippen molar-refractivity contribution in [2.45, 2.75) is 11.8 Å². The van der Waals surface area contributed by atoms with Crippen LogP contribution in [0.4, 0.5) is 0 Å². The third kappa shape index (κ3) is 6.02. The number of methoxy groups -OCH3 is 1. The summed E-state index contributed by atoms with van der Waals surface area (Å²) in [6.45, 7) is 2.04. The van der Waals surface area contributed by atoms with Gasteiger partial charge < -0.3 is 14.2 Å². The molecular weight excluding hydrogens is 434 g/mol. The summed E-state index contributed by atoms with van der Waals surface area (Å²) in [6.07, 6.45) is 0. The van der Waals surface area contributed by atoms with Crippen molar-refractivity contribution in [3.63, 3.8) is 0 Å². The molecular formula is C22H23N3O6S. The van der Waals surface area contributed by atoms with E-state index in [-0.39, 0.29) is 36.1 Å². The van der Waals surface area contributed by atoms with E-state index >= 15 is 0 Å². The van der Waals surface area contributed by atoms with Crippen molar-refractivity contribution in [3.8, 4) is 22.9 Å². The fourth-order valence-electron chi connectivity index (χ4n) is 2.71. The largest absolute Gasteiger partial charge is 0.497 e. The molecule has 0 aliphatic rings. The lowest BCUT2D eigenvalue weighted by molar-refractivity contribution is 0.0526. The number of sulfonamides is 1. The minimum Gasteiger partial charge on any atom is -0.497 e. The molecule has 0 unspecified atom stereocenters. The lowest BCUT2D eigenvalue weighted by Gasteiger charge is -2.09. The van der Waals surface area contributed by atoms with Crippen LogP contribution in [0.5, 0.6) is 11.6 Å². The number of esters is 1. The topological polar surface area (TPSA) is 117 Å². The minimum absolute atomic E-state index is 0.0316. The summed E-state index contributed by atoms with van der Waals surface area (Å²) < 4.78 is 42.7. The van der Waals surface area contributed by atoms with Crippen LogP contribution >= 0.6 is 0 Å². The molecule has 0 aliphatic heterocycles. The normalized spacial score (nSPS) is 11.1. The summed E-state index contributed by atoms with van der Waals surface area (Å²) in [6, 6.07) is 16.3. The van der Waals surface area contributed by atoms with Crippen molar-refractivity contribution in [1.82, 2.24) is 14.9 Å². The van der Waals surface area contributed by atoms with E-state index in [4.69, 9.17) is 14.2 Å². The highest BCUT2D eigenvalue weighted by Gasteiger charge is 2.15. The summed E-state index contributed by atoms with van der Waals surface area (Å²) >= 11 is 0. The number of carbonyl (C=O) groups excluding carboxylic acids is 1. The molecule has 0 saturated heterocycles. The van der Waals surface area contributed by atoms with E-state index in [1.165, 1.54) is 24.3 Å². The Labute approximate surface area is 186 Å². The van der Waals surface area contributed by atoms with Gasteiger partial charge in [-0.3, -0.25) is 0 Å². The number of ether oxygens (including phenoxy) is 3. The lowest BCUT2D eigenvalue weighted by Crippen LogP contribution is -2.28. The predicted octanol–water partition coefficient (Wildman–Crippen LogP) is 2.69. The maximum atomic E-state index is 12.4. The molecule has 0 atom stereocenters. The highest BCUT2D eigenvalue weighted by molar-refractivity contribution is 7.89. The quantitative estimate of drug-likeness (QED) is 0.365. The fraction of sp³-hybridized carbons (Fsp3) is 0.227. The number of hydrogen-bond donors (Lipinski definition) is 1. The molecule has 1 heterocycles. The standard InChI is InChI=1S/C22H23N3O6S/c1-3-30-22(26)17-6-10-19(11-7-17)32(27,28)23-14-15-31-21-13-12-20(24-25-21)16-4-8-18(29-2)9-5-16/h4-13,23H,3,14-15H2,1-2H3. The molecule has 1 N–H and O–H groups in total. The van der Waals surface area contributed by atoms with E-state index in [0.29, 0.717) is 5.69 Å². The Hall–Kier alpha value is -3.50. The Morgan fingerprint density at radius 2 is 1.69 bits per heavy atom. The zero-order valence-corrected chi connectivity index (χ0v) is 18.5. The molecule has 3 rings (SSSR count). The van der Waals surface area contributed by atoms with Gasteiger partial charge in [0, 0.05) is 18.2 Å². The van der Waals surface area contributed by atoms with Gasteiger partial charge >= 0.3 is 5.97 Å². The van der Waals surface area contributed by atoms with Crippen LogP contribution in [0.15, 0.2) is 65.6 Å². The second-order valence-electron chi connectivity index (χ2n) is 6.48. The van der Waals surface area contributed by atoms with Crippen molar-refractivity contribution in [1.29, 1.82) is 0 Å². The Bertz CT molecular complexity index is 1130. The van der Waals surface area contributed by atoms with Crippen LogP contribution in [0.25, 0.3) is 11.3 Å². The SMILES string of the molecule is CCOC(=O)c1ccc(S(=O)(=O)NCCOc2ccc(-c3ccc(OC)cc3)nn2)cc1. The second-order valence-corrected chi connectivity index (χ2v) is 8.24. The molecule has 0 radical (unpaired) electrons. The summed E-state index contributed by atoms with van der Waals surface area (Å²) in [7, 11) is -2.15. The first-order valence-electron chi connectivity index (χ1n) is 9.80. The summed E-state index contributed by atoms with van der Waals surface area (Å²) in [5, 5.41) is 8.13. The third-order valence-electron chi connectivity index (χ3n) is 4.35. The van der Waals surface area contributed by atoms with E-state index in [9.17, 15) is 13.2 Å². The molecule has 3 aromatic rings. The van der Waals surface area contributed by atoms with E-state index in [1.54, 1.807) is 26.2 Å². The zero-order chi connectivity index (χ0) is 23.0. The first kappa shape index (κ1) is 23.2. The van der Waals surface area contributed by atoms with Crippen molar-refractivity contribution in [2.75, 3.05) is 26.9 Å². The van der Waals surface area contributed by atoms with Crippen LogP contribution < -0.4 is 14.2 Å². The van der Waals surface area contributed by atoms with Gasteiger partial charge in [-0.05, 0) is 61.5 Å². The van der Waals surface area contributed by atoms with Gasteiger partial charge in [0.15, 0.2) is 0 Å². The lowest BCUT2D eigenvalue weighted by atomic mass is 10.1. The van der Waals surface area contributed by atoms with Gasteiger partial charge in [0.25, 0.3) is 0 Å². The predicted molar refractivity (Wildman–Crippen MR) is 117 cm³/mol. The van der Waals surface area contributed by atoms with E-state index < -0.39 is 16.0 Å². The molecule has 0 amide bonds. The minimum atomic E-state index is -3.75. The van der Waals surface area contributed by atoms with Gasteiger partial charge in [-0.15, -0.1) is 10.2 Å². The van der Waals surface area contributed by atoms with Crippen LogP contribution in [0.1, 0.15) is 17.3 Å². The maximum absolute atomic E-state index is 12.4. The molecule has 10 heteroatoms. The number of hydrogen-bond acceptors (Lipinski definition) is 8. The van der Waals surface area contributed by atoms with Gasteiger partial charge in [-0.2, -0.15) is 0 Å². The molecule has 32 heavy (non-hydrogen) atoms. The molecule has 2 aromatic carbocycles. The van der Waals surface area contributed by atoms with Crippen LogP contribution in [0, 0.1) is 0 Å². The van der Waals surface area contributed by atoms with Gasteiger partial charge in [0.1, 0.15) is 12.4 Å². The molecule has 0 bridgehead atoms. The summed E-state index contributed by atoms with van der Waals surface area (Å²) in [5.74, 6) is 0.524. The van der Waals surface area contributed by atoms with Crippen molar-refractivity contribution < 1.29 is 27.4 Å². The highest BCUT2D eigenvalue weighted by atomic mass is 32.2. The summed E-state index contributed by atoms with van der Waals surface area (Å²) in [4.78, 5) is 11.7. The average Bonchev–Trinajstić information content (AvgIpc) is 2.82. The van der Waals surface area contributed by atoms with Crippen LogP contribution in [0.3, 0.4) is 0 Å². The number of benzene rings is 2. The molecule has 168 valence electrons. The van der Waals surface area contributed by atoms with Crippen molar-refractivity contribution in [2.24, 2.45) is 0 Å². The molecule has 1 aromatic heterocycles. The van der Waals surface area contributed by atoms with Gasteiger partial charge in [-0.1, -0.05) is 0 Å². The van der Waals surface area contributed by atoms with E-state index in [2.05, 4.69) is 14.9 Å². The zero-order valence-electron chi connectivity index (χ0n) is 17.6. The van der Waals surface area contributed by atoms with Crippen molar-refractivity contribution >= 4 is 16.0 Å². The van der Waals surface area contributed by atoms with Gasteiger partial charge in [0.2, 0.25) is 15.9 Å². The van der Waals surface area contributed by atoms with Crippen LogP contribution in [-0.2, 0) is 14.8 Å². The van der Waals surface area contributed by atoms with E-state index in [0.717, 1.165) is 11.3 Å².